The predicted octanol–water partition coefficient (Wildman–Crippen LogP) is 5.59. The number of carboxylic acids is 1. The van der Waals surface area contributed by atoms with Crippen molar-refractivity contribution in [3.8, 4) is 5.69 Å². The molecule has 5 rings (SSSR count). The molecule has 0 saturated carbocycles. The number of hydrogen-bond acceptors (Lipinski definition) is 6. The lowest BCUT2D eigenvalue weighted by molar-refractivity contribution is -0.138. The van der Waals surface area contributed by atoms with Gasteiger partial charge in [0.15, 0.2) is 5.82 Å². The molecular weight excluding hydrogens is 486 g/mol. The lowest BCUT2D eigenvalue weighted by atomic mass is 10.0. The van der Waals surface area contributed by atoms with Gasteiger partial charge in [0.2, 0.25) is 0 Å². The van der Waals surface area contributed by atoms with E-state index >= 15 is 0 Å². The molecule has 1 atom stereocenters. The zero-order valence-corrected chi connectivity index (χ0v) is 22.1. The summed E-state index contributed by atoms with van der Waals surface area (Å²) in [7, 11) is 0. The van der Waals surface area contributed by atoms with Crippen molar-refractivity contribution in [1.29, 1.82) is 0 Å². The summed E-state index contributed by atoms with van der Waals surface area (Å²) < 4.78 is 1.62. The van der Waals surface area contributed by atoms with E-state index in [1.54, 1.807) is 27.5 Å². The van der Waals surface area contributed by atoms with E-state index in [0.29, 0.717) is 35.4 Å². The van der Waals surface area contributed by atoms with E-state index in [4.69, 9.17) is 5.73 Å². The van der Waals surface area contributed by atoms with Gasteiger partial charge in [-0.1, -0.05) is 26.0 Å². The highest BCUT2D eigenvalue weighted by atomic mass is 32.2. The SMILES string of the molecule is CSCC[C@@H](C(=O)O)N(c1cc2ccc(C(C)C)cc2[nH]1)c1cnn(-c2ccc3[nH]c(C)nc3c2)c1N. The molecule has 3 heterocycles. The van der Waals surface area contributed by atoms with Crippen LogP contribution in [0.15, 0.2) is 48.7 Å². The van der Waals surface area contributed by atoms with Crippen LogP contribution in [0.5, 0.6) is 0 Å². The van der Waals surface area contributed by atoms with Gasteiger partial charge in [0.1, 0.15) is 23.4 Å². The number of aromatic nitrogens is 5. The molecule has 37 heavy (non-hydrogen) atoms. The molecule has 0 bridgehead atoms. The minimum absolute atomic E-state index is 0.350. The second kappa shape index (κ2) is 9.85. The van der Waals surface area contributed by atoms with Gasteiger partial charge in [-0.3, -0.25) is 0 Å². The van der Waals surface area contributed by atoms with Gasteiger partial charge < -0.3 is 25.7 Å². The zero-order chi connectivity index (χ0) is 26.3. The quantitative estimate of drug-likeness (QED) is 0.201. The second-order valence-electron chi connectivity index (χ2n) is 9.51. The molecule has 5 aromatic rings. The van der Waals surface area contributed by atoms with E-state index in [1.807, 2.05) is 37.4 Å². The Morgan fingerprint density at radius 2 is 1.97 bits per heavy atom. The summed E-state index contributed by atoms with van der Waals surface area (Å²) in [5.41, 5.74) is 11.8. The number of carbonyl (C=O) groups is 1. The van der Waals surface area contributed by atoms with Crippen LogP contribution in [0.3, 0.4) is 0 Å². The second-order valence-corrected chi connectivity index (χ2v) is 10.5. The molecule has 192 valence electrons. The normalized spacial score (nSPS) is 12.6. The Morgan fingerprint density at radius 1 is 1.16 bits per heavy atom. The van der Waals surface area contributed by atoms with Crippen molar-refractivity contribution in [2.24, 2.45) is 0 Å². The van der Waals surface area contributed by atoms with E-state index < -0.39 is 12.0 Å². The number of hydrogen-bond donors (Lipinski definition) is 4. The van der Waals surface area contributed by atoms with Crippen LogP contribution in [0.2, 0.25) is 0 Å². The van der Waals surface area contributed by atoms with Crippen molar-refractivity contribution in [3.63, 3.8) is 0 Å². The number of aryl methyl sites for hydroxylation is 1. The average molecular weight is 518 g/mol. The van der Waals surface area contributed by atoms with Crippen LogP contribution in [0.4, 0.5) is 17.3 Å². The molecule has 0 spiro atoms. The molecule has 0 amide bonds. The lowest BCUT2D eigenvalue weighted by Gasteiger charge is -2.29. The maximum absolute atomic E-state index is 12.5. The first kappa shape index (κ1) is 24.8. The fraction of sp³-hybridized carbons (Fsp3) is 0.296. The monoisotopic (exact) mass is 517 g/mol. The number of nitrogens with zero attached hydrogens (tertiary/aromatic N) is 4. The number of H-pyrrole nitrogens is 2. The number of nitrogens with two attached hydrogens (primary N) is 1. The number of anilines is 3. The predicted molar refractivity (Wildman–Crippen MR) is 151 cm³/mol. The average Bonchev–Trinajstić information content (AvgIpc) is 3.56. The van der Waals surface area contributed by atoms with Gasteiger partial charge in [0.05, 0.1) is 22.9 Å². The van der Waals surface area contributed by atoms with Gasteiger partial charge in [-0.15, -0.1) is 0 Å². The number of benzene rings is 2. The third-order valence-electron chi connectivity index (χ3n) is 6.63. The topological polar surface area (TPSA) is 129 Å². The van der Waals surface area contributed by atoms with E-state index in [-0.39, 0.29) is 0 Å². The number of nitrogen functional groups attached to an aromatic ring is 1. The first-order valence-corrected chi connectivity index (χ1v) is 13.6. The molecule has 3 aromatic heterocycles. The Bertz CT molecular complexity index is 1580. The van der Waals surface area contributed by atoms with E-state index in [0.717, 1.165) is 33.4 Å². The van der Waals surface area contributed by atoms with Crippen LogP contribution in [-0.2, 0) is 4.79 Å². The highest BCUT2D eigenvalue weighted by molar-refractivity contribution is 7.98. The molecule has 0 unspecified atom stereocenters. The highest BCUT2D eigenvalue weighted by Gasteiger charge is 2.31. The highest BCUT2D eigenvalue weighted by Crippen LogP contribution is 2.37. The summed E-state index contributed by atoms with van der Waals surface area (Å²) in [4.78, 5) is 25.5. The molecular formula is C27H31N7O2S. The van der Waals surface area contributed by atoms with E-state index in [9.17, 15) is 9.90 Å². The van der Waals surface area contributed by atoms with Crippen molar-refractivity contribution in [1.82, 2.24) is 24.7 Å². The number of carboxylic acid groups (broad SMARTS) is 1. The van der Waals surface area contributed by atoms with Crippen LogP contribution >= 0.6 is 11.8 Å². The minimum atomic E-state index is -0.920. The molecule has 2 aromatic carbocycles. The van der Waals surface area contributed by atoms with Crippen LogP contribution in [0, 0.1) is 6.92 Å². The van der Waals surface area contributed by atoms with E-state index in [1.165, 1.54) is 5.56 Å². The number of nitrogens with one attached hydrogen (secondary N) is 2. The molecule has 9 nitrogen and oxygen atoms in total. The minimum Gasteiger partial charge on any atom is -0.480 e. The fourth-order valence-electron chi connectivity index (χ4n) is 4.67. The summed E-state index contributed by atoms with van der Waals surface area (Å²) >= 11 is 1.61. The Kier molecular flexibility index (Phi) is 6.59. The summed E-state index contributed by atoms with van der Waals surface area (Å²) in [6.45, 7) is 6.21. The first-order valence-electron chi connectivity index (χ1n) is 12.2. The number of aromatic amines is 2. The van der Waals surface area contributed by atoms with Gasteiger partial charge in [-0.2, -0.15) is 16.9 Å². The molecule has 0 fully saturated rings. The van der Waals surface area contributed by atoms with Crippen molar-refractivity contribution < 1.29 is 9.90 Å². The van der Waals surface area contributed by atoms with Crippen molar-refractivity contribution in [2.75, 3.05) is 22.6 Å². The number of fused-ring (bicyclic) bond motifs is 2. The number of rotatable bonds is 9. The van der Waals surface area contributed by atoms with Crippen molar-refractivity contribution in [2.45, 2.75) is 39.2 Å². The Morgan fingerprint density at radius 3 is 2.70 bits per heavy atom. The Labute approximate surface area is 219 Å². The largest absolute Gasteiger partial charge is 0.480 e. The van der Waals surface area contributed by atoms with Gasteiger partial charge >= 0.3 is 5.97 Å². The molecule has 5 N–H and O–H groups in total. The van der Waals surface area contributed by atoms with Crippen LogP contribution < -0.4 is 10.6 Å². The Hall–Kier alpha value is -3.92. The fourth-order valence-corrected chi connectivity index (χ4v) is 5.13. The van der Waals surface area contributed by atoms with Gasteiger partial charge in [0.25, 0.3) is 0 Å². The van der Waals surface area contributed by atoms with Crippen LogP contribution in [-0.4, -0.2) is 53.9 Å². The van der Waals surface area contributed by atoms with Gasteiger partial charge in [-0.25, -0.2) is 14.5 Å². The van der Waals surface area contributed by atoms with E-state index in [2.05, 4.69) is 52.1 Å². The standard InChI is InChI=1S/C27H31N7O2S/c1-15(2)17-5-6-18-12-25(32-21(18)11-17)33(23(27(35)36)9-10-37-4)24-14-29-34(26(24)28)19-7-8-20-22(13-19)31-16(3)30-20/h5-8,11-15,23,32H,9-10,28H2,1-4H3,(H,30,31)(H,35,36)/t23-/m0/s1. The lowest BCUT2D eigenvalue weighted by Crippen LogP contribution is -2.39. The smallest absolute Gasteiger partial charge is 0.326 e. The third-order valence-corrected chi connectivity index (χ3v) is 7.27. The maximum atomic E-state index is 12.5. The number of thioether (sulfide) groups is 1. The van der Waals surface area contributed by atoms with Crippen LogP contribution in [0.25, 0.3) is 27.6 Å². The molecule has 0 aliphatic heterocycles. The van der Waals surface area contributed by atoms with Gasteiger partial charge in [-0.05, 0) is 67.2 Å². The number of imidazole rings is 1. The molecule has 0 aliphatic carbocycles. The molecule has 10 heteroatoms. The molecule has 0 aliphatic rings. The van der Waals surface area contributed by atoms with Gasteiger partial charge in [0, 0.05) is 10.9 Å². The maximum Gasteiger partial charge on any atom is 0.326 e. The first-order chi connectivity index (χ1) is 17.8. The zero-order valence-electron chi connectivity index (χ0n) is 21.3. The summed E-state index contributed by atoms with van der Waals surface area (Å²) in [5.74, 6) is 1.98. The third kappa shape index (κ3) is 4.64. The Balaban J connectivity index is 1.63. The molecule has 0 radical (unpaired) electrons. The summed E-state index contributed by atoms with van der Waals surface area (Å²) in [6, 6.07) is 13.2. The van der Waals surface area contributed by atoms with Crippen LogP contribution in [0.1, 0.15) is 37.6 Å². The van der Waals surface area contributed by atoms with Crippen molar-refractivity contribution >= 4 is 57.0 Å². The van der Waals surface area contributed by atoms with Crippen molar-refractivity contribution in [3.05, 3.63) is 60.0 Å². The number of aliphatic carboxylic acids is 1. The molecule has 0 saturated heterocycles. The summed E-state index contributed by atoms with van der Waals surface area (Å²) in [5, 5.41) is 15.8. The summed E-state index contributed by atoms with van der Waals surface area (Å²) in [6.07, 6.45) is 4.04.